The molecule has 0 aliphatic carbocycles. The smallest absolute Gasteiger partial charge is 0.197 e. The third-order valence-electron chi connectivity index (χ3n) is 4.99. The number of carbonyl (C=O) groups excluding carboxylic acids is 1. The fourth-order valence-corrected chi connectivity index (χ4v) is 3.48. The van der Waals surface area contributed by atoms with Crippen molar-refractivity contribution in [2.45, 2.75) is 6.42 Å². The first-order chi connectivity index (χ1) is 14.6. The fraction of sp³-hybridized carbons (Fsp3) is 0.192. The number of rotatable bonds is 8. The van der Waals surface area contributed by atoms with Gasteiger partial charge in [0.15, 0.2) is 5.78 Å². The van der Waals surface area contributed by atoms with Crippen LogP contribution in [0.2, 0.25) is 0 Å². The lowest BCUT2D eigenvalue weighted by atomic mass is 9.97. The predicted octanol–water partition coefficient (Wildman–Crippen LogP) is 5.66. The molecule has 0 atom stereocenters. The van der Waals surface area contributed by atoms with Crippen molar-refractivity contribution in [3.63, 3.8) is 0 Å². The molecule has 0 radical (unpaired) electrons. The van der Waals surface area contributed by atoms with Crippen LogP contribution in [0.3, 0.4) is 0 Å². The van der Waals surface area contributed by atoms with E-state index in [0.29, 0.717) is 29.1 Å². The monoisotopic (exact) mass is 399 g/mol. The third-order valence-corrected chi connectivity index (χ3v) is 4.99. The molecule has 0 unspecified atom stereocenters. The number of nitrogens with zero attached hydrogens (tertiary/aromatic N) is 1. The first kappa shape index (κ1) is 19.9. The van der Waals surface area contributed by atoms with Crippen molar-refractivity contribution in [1.29, 1.82) is 0 Å². The Balaban J connectivity index is 1.62. The summed E-state index contributed by atoms with van der Waals surface area (Å²) in [5.41, 5.74) is 2.80. The molecule has 0 saturated carbocycles. The number of ether oxygens (including phenoxy) is 1. The van der Waals surface area contributed by atoms with Crippen LogP contribution in [0, 0.1) is 0 Å². The van der Waals surface area contributed by atoms with Gasteiger partial charge < -0.3 is 14.1 Å². The van der Waals surface area contributed by atoms with Crippen LogP contribution in [0.1, 0.15) is 22.3 Å². The van der Waals surface area contributed by atoms with E-state index in [-0.39, 0.29) is 5.78 Å². The van der Waals surface area contributed by atoms with Gasteiger partial charge in [0.05, 0.1) is 12.2 Å². The Labute approximate surface area is 176 Å². The zero-order chi connectivity index (χ0) is 20.9. The second kappa shape index (κ2) is 8.97. The Kier molecular flexibility index (Phi) is 5.96. The minimum atomic E-state index is -0.0574. The summed E-state index contributed by atoms with van der Waals surface area (Å²) in [6.07, 6.45) is 0.953. The molecule has 0 aliphatic heterocycles. The molecule has 1 heterocycles. The number of hydrogen-bond acceptors (Lipinski definition) is 4. The quantitative estimate of drug-likeness (QED) is 0.283. The van der Waals surface area contributed by atoms with Gasteiger partial charge in [-0.3, -0.25) is 4.79 Å². The maximum Gasteiger partial charge on any atom is 0.197 e. The van der Waals surface area contributed by atoms with E-state index in [9.17, 15) is 4.79 Å². The van der Waals surface area contributed by atoms with E-state index >= 15 is 0 Å². The maximum absolute atomic E-state index is 13.5. The van der Waals surface area contributed by atoms with Gasteiger partial charge in [0.25, 0.3) is 0 Å². The van der Waals surface area contributed by atoms with Gasteiger partial charge in [0, 0.05) is 23.1 Å². The van der Waals surface area contributed by atoms with Gasteiger partial charge in [-0.25, -0.2) is 0 Å². The van der Waals surface area contributed by atoms with Gasteiger partial charge in [0.2, 0.25) is 0 Å². The lowest BCUT2D eigenvalue weighted by Crippen LogP contribution is -2.15. The van der Waals surface area contributed by atoms with Crippen molar-refractivity contribution in [2.75, 3.05) is 27.2 Å². The van der Waals surface area contributed by atoms with Crippen LogP contribution >= 0.6 is 0 Å². The molecule has 0 spiro atoms. The van der Waals surface area contributed by atoms with Crippen LogP contribution in [0.5, 0.6) is 5.75 Å². The molecular formula is C26H25NO3. The summed E-state index contributed by atoms with van der Waals surface area (Å²) in [5, 5.41) is 0.824. The normalized spacial score (nSPS) is 11.2. The third kappa shape index (κ3) is 4.29. The van der Waals surface area contributed by atoms with Gasteiger partial charge in [-0.05, 0) is 50.8 Å². The number of carbonyl (C=O) groups is 1. The molecule has 0 fully saturated rings. The van der Waals surface area contributed by atoms with Crippen molar-refractivity contribution >= 4 is 16.8 Å². The molecule has 3 aromatic carbocycles. The summed E-state index contributed by atoms with van der Waals surface area (Å²) >= 11 is 0. The van der Waals surface area contributed by atoms with E-state index in [1.54, 1.807) is 0 Å². The number of furan rings is 1. The first-order valence-electron chi connectivity index (χ1n) is 10.1. The number of ketones is 1. The highest BCUT2D eigenvalue weighted by molar-refractivity contribution is 6.19. The molecule has 152 valence electrons. The Morgan fingerprint density at radius 1 is 0.900 bits per heavy atom. The highest BCUT2D eigenvalue weighted by Crippen LogP contribution is 2.35. The van der Waals surface area contributed by atoms with Crippen molar-refractivity contribution in [3.8, 4) is 17.1 Å². The fourth-order valence-electron chi connectivity index (χ4n) is 3.48. The molecule has 30 heavy (non-hydrogen) atoms. The van der Waals surface area contributed by atoms with Gasteiger partial charge >= 0.3 is 0 Å². The zero-order valence-corrected chi connectivity index (χ0v) is 17.3. The molecule has 0 N–H and O–H groups in total. The molecule has 4 rings (SSSR count). The van der Waals surface area contributed by atoms with Crippen LogP contribution < -0.4 is 4.74 Å². The summed E-state index contributed by atoms with van der Waals surface area (Å²) < 4.78 is 11.9. The van der Waals surface area contributed by atoms with E-state index in [2.05, 4.69) is 4.90 Å². The van der Waals surface area contributed by atoms with E-state index < -0.39 is 0 Å². The molecular weight excluding hydrogens is 374 g/mol. The van der Waals surface area contributed by atoms with Crippen molar-refractivity contribution in [1.82, 2.24) is 4.90 Å². The topological polar surface area (TPSA) is 42.7 Å². The van der Waals surface area contributed by atoms with E-state index in [1.807, 2.05) is 93.0 Å². The largest absolute Gasteiger partial charge is 0.494 e. The standard InChI is InChI=1S/C26H25NO3/c1-27(2)17-8-18-29-21-15-13-19(14-16-21)25(28)24-22-11-6-7-12-23(22)30-26(24)20-9-4-3-5-10-20/h3-7,9-16H,8,17-18H2,1-2H3. The molecule has 0 bridgehead atoms. The van der Waals surface area contributed by atoms with Gasteiger partial charge in [-0.1, -0.05) is 48.5 Å². The van der Waals surface area contributed by atoms with Gasteiger partial charge in [-0.15, -0.1) is 0 Å². The predicted molar refractivity (Wildman–Crippen MR) is 120 cm³/mol. The highest BCUT2D eigenvalue weighted by Gasteiger charge is 2.23. The van der Waals surface area contributed by atoms with Crippen LogP contribution in [-0.2, 0) is 0 Å². The minimum Gasteiger partial charge on any atom is -0.494 e. The van der Waals surface area contributed by atoms with Crippen molar-refractivity contribution < 1.29 is 13.9 Å². The molecule has 1 aromatic heterocycles. The second-order valence-corrected chi connectivity index (χ2v) is 7.53. The summed E-state index contributed by atoms with van der Waals surface area (Å²) in [4.78, 5) is 15.6. The maximum atomic E-state index is 13.5. The molecule has 0 aliphatic rings. The molecule has 0 amide bonds. The lowest BCUT2D eigenvalue weighted by Gasteiger charge is -2.10. The Morgan fingerprint density at radius 3 is 2.33 bits per heavy atom. The average molecular weight is 399 g/mol. The highest BCUT2D eigenvalue weighted by atomic mass is 16.5. The lowest BCUT2D eigenvalue weighted by molar-refractivity contribution is 0.104. The van der Waals surface area contributed by atoms with Crippen molar-refractivity contribution in [2.24, 2.45) is 0 Å². The molecule has 0 saturated heterocycles. The van der Waals surface area contributed by atoms with Crippen LogP contribution in [-0.4, -0.2) is 37.9 Å². The Bertz CT molecular complexity index is 1130. The summed E-state index contributed by atoms with van der Waals surface area (Å²) in [6, 6.07) is 24.8. The van der Waals surface area contributed by atoms with Gasteiger partial charge in [0.1, 0.15) is 17.1 Å². The zero-order valence-electron chi connectivity index (χ0n) is 17.3. The number of para-hydroxylation sites is 1. The number of fused-ring (bicyclic) bond motifs is 1. The second-order valence-electron chi connectivity index (χ2n) is 7.53. The first-order valence-corrected chi connectivity index (χ1v) is 10.1. The SMILES string of the molecule is CN(C)CCCOc1ccc(C(=O)c2c(-c3ccccc3)oc3ccccc23)cc1. The summed E-state index contributed by atoms with van der Waals surface area (Å²) in [6.45, 7) is 1.63. The molecule has 4 aromatic rings. The average Bonchev–Trinajstić information content (AvgIpc) is 3.17. The summed E-state index contributed by atoms with van der Waals surface area (Å²) in [5.74, 6) is 1.31. The molecule has 4 nitrogen and oxygen atoms in total. The van der Waals surface area contributed by atoms with Crippen LogP contribution in [0.4, 0.5) is 0 Å². The summed E-state index contributed by atoms with van der Waals surface area (Å²) in [7, 11) is 4.09. The van der Waals surface area contributed by atoms with E-state index in [1.165, 1.54) is 0 Å². The van der Waals surface area contributed by atoms with Crippen LogP contribution in [0.15, 0.2) is 83.3 Å². The Morgan fingerprint density at radius 2 is 1.60 bits per heavy atom. The van der Waals surface area contributed by atoms with Crippen LogP contribution in [0.25, 0.3) is 22.3 Å². The number of benzene rings is 3. The number of hydrogen-bond donors (Lipinski definition) is 0. The van der Waals surface area contributed by atoms with E-state index in [0.717, 1.165) is 29.7 Å². The van der Waals surface area contributed by atoms with Crippen molar-refractivity contribution in [3.05, 3.63) is 90.0 Å². The van der Waals surface area contributed by atoms with Gasteiger partial charge in [-0.2, -0.15) is 0 Å². The molecule has 4 heteroatoms. The minimum absolute atomic E-state index is 0.0574. The van der Waals surface area contributed by atoms with E-state index in [4.69, 9.17) is 9.15 Å². The Hall–Kier alpha value is -3.37.